The Hall–Kier alpha value is -3.17. The SMILES string of the molecule is CCOC(=O)c1c(-c2ccccc2)csc1NC(=O)C(C)Oc1ccc(S(C)(=O)=O)cc1. The molecule has 32 heavy (non-hydrogen) atoms. The number of esters is 1. The summed E-state index contributed by atoms with van der Waals surface area (Å²) in [6, 6.07) is 15.2. The summed E-state index contributed by atoms with van der Waals surface area (Å²) in [6.45, 7) is 3.49. The molecule has 0 fully saturated rings. The molecule has 3 rings (SSSR count). The summed E-state index contributed by atoms with van der Waals surface area (Å²) in [6.07, 6.45) is 0.224. The molecule has 9 heteroatoms. The van der Waals surface area contributed by atoms with Crippen LogP contribution in [0.1, 0.15) is 24.2 Å². The molecule has 0 radical (unpaired) electrons. The minimum Gasteiger partial charge on any atom is -0.481 e. The summed E-state index contributed by atoms with van der Waals surface area (Å²) < 4.78 is 34.0. The molecule has 168 valence electrons. The van der Waals surface area contributed by atoms with E-state index in [1.165, 1.54) is 35.6 Å². The summed E-state index contributed by atoms with van der Waals surface area (Å²) in [7, 11) is -3.32. The van der Waals surface area contributed by atoms with Gasteiger partial charge in [0.15, 0.2) is 15.9 Å². The molecular weight excluding hydrogens is 450 g/mol. The molecule has 1 atom stereocenters. The number of amides is 1. The molecule has 0 spiro atoms. The zero-order valence-electron chi connectivity index (χ0n) is 17.8. The smallest absolute Gasteiger partial charge is 0.341 e. The van der Waals surface area contributed by atoms with Crippen molar-refractivity contribution in [1.29, 1.82) is 0 Å². The van der Waals surface area contributed by atoms with Gasteiger partial charge in [-0.2, -0.15) is 0 Å². The molecule has 0 aliphatic heterocycles. The zero-order valence-corrected chi connectivity index (χ0v) is 19.5. The Morgan fingerprint density at radius 1 is 1.06 bits per heavy atom. The Balaban J connectivity index is 1.79. The molecule has 1 aromatic heterocycles. The maximum atomic E-state index is 12.7. The summed E-state index contributed by atoms with van der Waals surface area (Å²) >= 11 is 1.23. The number of sulfone groups is 1. The fraction of sp³-hybridized carbons (Fsp3) is 0.217. The van der Waals surface area contributed by atoms with Crippen LogP contribution in [0.3, 0.4) is 0 Å². The third-order valence-corrected chi connectivity index (χ3v) is 6.55. The standard InChI is InChI=1S/C23H23NO6S2/c1-4-29-23(26)20-19(16-8-6-5-7-9-16)14-31-22(20)24-21(25)15(2)30-17-10-12-18(13-11-17)32(3,27)28/h5-15H,4H2,1-3H3,(H,24,25). The highest BCUT2D eigenvalue weighted by atomic mass is 32.2. The van der Waals surface area contributed by atoms with E-state index in [0.29, 0.717) is 21.9 Å². The Morgan fingerprint density at radius 3 is 2.31 bits per heavy atom. The molecular formula is C23H23NO6S2. The fourth-order valence-electron chi connectivity index (χ4n) is 2.92. The topological polar surface area (TPSA) is 98.8 Å². The molecule has 0 saturated carbocycles. The first kappa shape index (κ1) is 23.5. The number of carbonyl (C=O) groups excluding carboxylic acids is 2. The first-order valence-corrected chi connectivity index (χ1v) is 12.6. The van der Waals surface area contributed by atoms with E-state index >= 15 is 0 Å². The number of hydrogen-bond acceptors (Lipinski definition) is 7. The Labute approximate surface area is 190 Å². The molecule has 1 unspecified atom stereocenters. The highest BCUT2D eigenvalue weighted by Crippen LogP contribution is 2.36. The van der Waals surface area contributed by atoms with Crippen LogP contribution in [0, 0.1) is 0 Å². The predicted octanol–water partition coefficient (Wildman–Crippen LogP) is 4.40. The van der Waals surface area contributed by atoms with E-state index in [1.54, 1.807) is 19.2 Å². The van der Waals surface area contributed by atoms with Gasteiger partial charge in [0.25, 0.3) is 5.91 Å². The molecule has 2 aromatic carbocycles. The van der Waals surface area contributed by atoms with Crippen LogP contribution in [-0.4, -0.2) is 39.3 Å². The van der Waals surface area contributed by atoms with Gasteiger partial charge < -0.3 is 14.8 Å². The quantitative estimate of drug-likeness (QED) is 0.487. The van der Waals surface area contributed by atoms with Crippen molar-refractivity contribution in [3.8, 4) is 16.9 Å². The number of carbonyl (C=O) groups is 2. The molecule has 1 amide bonds. The van der Waals surface area contributed by atoms with Crippen LogP contribution < -0.4 is 10.1 Å². The van der Waals surface area contributed by atoms with Crippen LogP contribution in [0.15, 0.2) is 64.9 Å². The number of thiophene rings is 1. The maximum Gasteiger partial charge on any atom is 0.341 e. The van der Waals surface area contributed by atoms with E-state index < -0.39 is 27.8 Å². The second-order valence-electron chi connectivity index (χ2n) is 6.93. The second kappa shape index (κ2) is 9.97. The third-order valence-electron chi connectivity index (χ3n) is 4.53. The average Bonchev–Trinajstić information content (AvgIpc) is 3.18. The second-order valence-corrected chi connectivity index (χ2v) is 9.83. The van der Waals surface area contributed by atoms with E-state index in [9.17, 15) is 18.0 Å². The number of benzene rings is 2. The van der Waals surface area contributed by atoms with E-state index in [1.807, 2.05) is 30.3 Å². The van der Waals surface area contributed by atoms with Gasteiger partial charge >= 0.3 is 5.97 Å². The first-order valence-electron chi connectivity index (χ1n) is 9.82. The lowest BCUT2D eigenvalue weighted by Crippen LogP contribution is -2.30. The van der Waals surface area contributed by atoms with Gasteiger partial charge in [-0.05, 0) is 43.7 Å². The van der Waals surface area contributed by atoms with Crippen molar-refractivity contribution in [2.45, 2.75) is 24.8 Å². The summed E-state index contributed by atoms with van der Waals surface area (Å²) in [4.78, 5) is 25.5. The normalized spacial score (nSPS) is 12.1. The van der Waals surface area contributed by atoms with Gasteiger partial charge in [0, 0.05) is 17.2 Å². The van der Waals surface area contributed by atoms with Gasteiger partial charge in [-0.25, -0.2) is 13.2 Å². The Bertz CT molecular complexity index is 1200. The lowest BCUT2D eigenvalue weighted by Gasteiger charge is -2.15. The lowest BCUT2D eigenvalue weighted by molar-refractivity contribution is -0.122. The van der Waals surface area contributed by atoms with Crippen LogP contribution in [0.5, 0.6) is 5.75 Å². The molecule has 0 aliphatic rings. The van der Waals surface area contributed by atoms with Crippen molar-refractivity contribution in [2.75, 3.05) is 18.2 Å². The van der Waals surface area contributed by atoms with Crippen molar-refractivity contribution >= 4 is 38.1 Å². The van der Waals surface area contributed by atoms with Crippen molar-refractivity contribution in [3.63, 3.8) is 0 Å². The molecule has 0 saturated heterocycles. The minimum absolute atomic E-state index is 0.160. The van der Waals surface area contributed by atoms with Gasteiger partial charge in [0.05, 0.1) is 11.5 Å². The first-order chi connectivity index (χ1) is 15.2. The predicted molar refractivity (Wildman–Crippen MR) is 124 cm³/mol. The Morgan fingerprint density at radius 2 is 1.72 bits per heavy atom. The van der Waals surface area contributed by atoms with E-state index in [4.69, 9.17) is 9.47 Å². The Kier molecular flexibility index (Phi) is 7.32. The van der Waals surface area contributed by atoms with Crippen LogP contribution in [0.2, 0.25) is 0 Å². The number of anilines is 1. The number of ether oxygens (including phenoxy) is 2. The summed E-state index contributed by atoms with van der Waals surface area (Å²) in [5.41, 5.74) is 1.80. The molecule has 1 heterocycles. The van der Waals surface area contributed by atoms with Gasteiger partial charge in [0.2, 0.25) is 0 Å². The van der Waals surface area contributed by atoms with E-state index in [0.717, 1.165) is 11.8 Å². The summed E-state index contributed by atoms with van der Waals surface area (Å²) in [5.74, 6) is -0.626. The van der Waals surface area contributed by atoms with Crippen molar-refractivity contribution < 1.29 is 27.5 Å². The van der Waals surface area contributed by atoms with Crippen LogP contribution >= 0.6 is 11.3 Å². The van der Waals surface area contributed by atoms with Crippen LogP contribution in [0.4, 0.5) is 5.00 Å². The maximum absolute atomic E-state index is 12.7. The van der Waals surface area contributed by atoms with Gasteiger partial charge in [-0.3, -0.25) is 4.79 Å². The van der Waals surface area contributed by atoms with Crippen LogP contribution in [0.25, 0.3) is 11.1 Å². The molecule has 0 aliphatic carbocycles. The van der Waals surface area contributed by atoms with Crippen molar-refractivity contribution in [3.05, 3.63) is 65.5 Å². The van der Waals surface area contributed by atoms with Gasteiger partial charge in [-0.15, -0.1) is 11.3 Å². The average molecular weight is 474 g/mol. The van der Waals surface area contributed by atoms with Gasteiger partial charge in [0.1, 0.15) is 16.3 Å². The van der Waals surface area contributed by atoms with E-state index in [2.05, 4.69) is 5.32 Å². The van der Waals surface area contributed by atoms with Crippen molar-refractivity contribution in [1.82, 2.24) is 0 Å². The molecule has 7 nitrogen and oxygen atoms in total. The van der Waals surface area contributed by atoms with E-state index in [-0.39, 0.29) is 11.5 Å². The fourth-order valence-corrected chi connectivity index (χ4v) is 4.51. The molecule has 3 aromatic rings. The highest BCUT2D eigenvalue weighted by Gasteiger charge is 2.25. The molecule has 1 N–H and O–H groups in total. The largest absolute Gasteiger partial charge is 0.481 e. The van der Waals surface area contributed by atoms with Gasteiger partial charge in [-0.1, -0.05) is 30.3 Å². The number of hydrogen-bond donors (Lipinski definition) is 1. The highest BCUT2D eigenvalue weighted by molar-refractivity contribution is 7.90. The zero-order chi connectivity index (χ0) is 23.3. The third kappa shape index (κ3) is 5.54. The van der Waals surface area contributed by atoms with Crippen LogP contribution in [-0.2, 0) is 19.4 Å². The lowest BCUT2D eigenvalue weighted by atomic mass is 10.0. The van der Waals surface area contributed by atoms with Crippen molar-refractivity contribution in [2.24, 2.45) is 0 Å². The number of nitrogens with one attached hydrogen (secondary N) is 1. The molecule has 0 bridgehead atoms. The number of rotatable bonds is 8. The monoisotopic (exact) mass is 473 g/mol. The summed E-state index contributed by atoms with van der Waals surface area (Å²) in [5, 5.41) is 4.92. The minimum atomic E-state index is -3.32.